The molecule has 220 valence electrons. The first-order valence-corrected chi connectivity index (χ1v) is 16.1. The van der Waals surface area contributed by atoms with Crippen molar-refractivity contribution in [2.24, 2.45) is 0 Å². The zero-order valence-corrected chi connectivity index (χ0v) is 26.1. The molecule has 0 aliphatic rings. The summed E-state index contributed by atoms with van der Waals surface area (Å²) in [6, 6.07) is 61.3. The van der Waals surface area contributed by atoms with Crippen molar-refractivity contribution in [2.45, 2.75) is 13.8 Å². The van der Waals surface area contributed by atoms with Crippen LogP contribution in [0.4, 0.5) is 0 Å². The second-order valence-corrected chi connectivity index (χ2v) is 11.4. The summed E-state index contributed by atoms with van der Waals surface area (Å²) in [4.78, 5) is 0. The first-order valence-electron chi connectivity index (χ1n) is 16.1. The molecule has 0 aliphatic heterocycles. The average Bonchev–Trinajstić information content (AvgIpc) is 3.66. The van der Waals surface area contributed by atoms with Gasteiger partial charge in [-0.2, -0.15) is 0 Å². The van der Waals surface area contributed by atoms with E-state index < -0.39 is 0 Å². The first-order chi connectivity index (χ1) is 22.8. The molecule has 9 rings (SSSR count). The standard InChI is InChI=1S/C42H28N2.C2H6/c1-3-11-29(12-4-1)31-19-23-33(24-20-31)43-37-17-9-7-15-35(37)41-39(43)27-28-40-42(41)36-16-8-10-18-38(36)44(40)34-25-21-32(22-26-34)30-13-5-2-6-14-30;1-2/h1-28H;1-2H3. The van der Waals surface area contributed by atoms with Crippen molar-refractivity contribution >= 4 is 43.6 Å². The zero-order chi connectivity index (χ0) is 31.0. The largest absolute Gasteiger partial charge is 0.309 e. The predicted molar refractivity (Wildman–Crippen MR) is 197 cm³/mol. The molecular weight excluding hydrogens is 556 g/mol. The zero-order valence-electron chi connectivity index (χ0n) is 26.1. The highest BCUT2D eigenvalue weighted by Crippen LogP contribution is 2.42. The van der Waals surface area contributed by atoms with Gasteiger partial charge in [-0.05, 0) is 70.8 Å². The summed E-state index contributed by atoms with van der Waals surface area (Å²) < 4.78 is 4.83. The van der Waals surface area contributed by atoms with E-state index in [1.54, 1.807) is 0 Å². The van der Waals surface area contributed by atoms with E-state index in [-0.39, 0.29) is 0 Å². The topological polar surface area (TPSA) is 9.86 Å². The van der Waals surface area contributed by atoms with E-state index in [9.17, 15) is 0 Å². The van der Waals surface area contributed by atoms with Gasteiger partial charge in [0, 0.05) is 32.9 Å². The Balaban J connectivity index is 0.00000153. The molecule has 0 radical (unpaired) electrons. The molecule has 0 saturated carbocycles. The van der Waals surface area contributed by atoms with Crippen molar-refractivity contribution in [3.8, 4) is 33.6 Å². The van der Waals surface area contributed by atoms with Gasteiger partial charge in [0.1, 0.15) is 0 Å². The molecule has 2 heteroatoms. The Morgan fingerprint density at radius 1 is 0.283 bits per heavy atom. The maximum atomic E-state index is 2.42. The Morgan fingerprint density at radius 3 is 1.00 bits per heavy atom. The Hall–Kier alpha value is -5.86. The highest BCUT2D eigenvalue weighted by Gasteiger charge is 2.20. The quantitative estimate of drug-likeness (QED) is 0.193. The smallest absolute Gasteiger partial charge is 0.0548 e. The molecule has 0 aliphatic carbocycles. The third kappa shape index (κ3) is 4.42. The number of hydrogen-bond acceptors (Lipinski definition) is 0. The first kappa shape index (κ1) is 27.7. The molecule has 0 fully saturated rings. The molecule has 2 heterocycles. The second kappa shape index (κ2) is 11.6. The van der Waals surface area contributed by atoms with E-state index in [1.807, 2.05) is 13.8 Å². The molecule has 2 aromatic heterocycles. The van der Waals surface area contributed by atoms with Crippen LogP contribution >= 0.6 is 0 Å². The Kier molecular flexibility index (Phi) is 6.96. The molecule has 0 spiro atoms. The van der Waals surface area contributed by atoms with Crippen LogP contribution in [0.15, 0.2) is 170 Å². The number of para-hydroxylation sites is 2. The molecule has 0 bridgehead atoms. The summed E-state index contributed by atoms with van der Waals surface area (Å²) in [6.07, 6.45) is 0. The summed E-state index contributed by atoms with van der Waals surface area (Å²) in [5.74, 6) is 0. The molecule has 7 aromatic carbocycles. The number of rotatable bonds is 4. The van der Waals surface area contributed by atoms with Crippen LogP contribution < -0.4 is 0 Å². The molecule has 0 unspecified atom stereocenters. The Bertz CT molecular complexity index is 2270. The molecule has 0 saturated heterocycles. The van der Waals surface area contributed by atoms with Crippen LogP contribution in [0.5, 0.6) is 0 Å². The molecule has 9 aromatic rings. The fraction of sp³-hybridized carbons (Fsp3) is 0.0455. The maximum absolute atomic E-state index is 2.42. The van der Waals surface area contributed by atoms with Crippen LogP contribution in [-0.4, -0.2) is 9.13 Å². The van der Waals surface area contributed by atoms with E-state index in [0.29, 0.717) is 0 Å². The molecule has 46 heavy (non-hydrogen) atoms. The Labute approximate surface area is 269 Å². The fourth-order valence-corrected chi connectivity index (χ4v) is 6.94. The van der Waals surface area contributed by atoms with Gasteiger partial charge >= 0.3 is 0 Å². The number of aromatic nitrogens is 2. The summed E-state index contributed by atoms with van der Waals surface area (Å²) in [6.45, 7) is 4.00. The van der Waals surface area contributed by atoms with Crippen molar-refractivity contribution < 1.29 is 0 Å². The highest BCUT2D eigenvalue weighted by atomic mass is 15.0. The minimum Gasteiger partial charge on any atom is -0.309 e. The van der Waals surface area contributed by atoms with Gasteiger partial charge in [-0.3, -0.25) is 0 Å². The summed E-state index contributed by atoms with van der Waals surface area (Å²) in [5.41, 5.74) is 12.1. The van der Waals surface area contributed by atoms with Gasteiger partial charge in [-0.1, -0.05) is 135 Å². The number of fused-ring (bicyclic) bond motifs is 7. The summed E-state index contributed by atoms with van der Waals surface area (Å²) in [7, 11) is 0. The lowest BCUT2D eigenvalue weighted by atomic mass is 10.1. The second-order valence-electron chi connectivity index (χ2n) is 11.4. The molecule has 0 atom stereocenters. The van der Waals surface area contributed by atoms with Gasteiger partial charge in [0.05, 0.1) is 22.1 Å². The van der Waals surface area contributed by atoms with Crippen molar-refractivity contribution in [3.05, 3.63) is 170 Å². The summed E-state index contributed by atoms with van der Waals surface area (Å²) >= 11 is 0. The van der Waals surface area contributed by atoms with E-state index in [2.05, 4.69) is 179 Å². The van der Waals surface area contributed by atoms with Gasteiger partial charge in [0.25, 0.3) is 0 Å². The van der Waals surface area contributed by atoms with Crippen LogP contribution in [0, 0.1) is 0 Å². The van der Waals surface area contributed by atoms with Crippen LogP contribution in [0.25, 0.3) is 77.2 Å². The van der Waals surface area contributed by atoms with Gasteiger partial charge in [0.2, 0.25) is 0 Å². The highest BCUT2D eigenvalue weighted by molar-refractivity contribution is 6.28. The SMILES string of the molecule is CC.c1ccc(-c2ccc(-n3c4ccccc4c4c5c6ccccc6n(-c6ccc(-c7ccccc7)cc6)c5ccc43)cc2)cc1. The number of hydrogen-bond donors (Lipinski definition) is 0. The van der Waals surface area contributed by atoms with Gasteiger partial charge < -0.3 is 9.13 Å². The third-order valence-electron chi connectivity index (χ3n) is 8.94. The molecule has 2 nitrogen and oxygen atoms in total. The van der Waals surface area contributed by atoms with Crippen molar-refractivity contribution in [3.63, 3.8) is 0 Å². The van der Waals surface area contributed by atoms with E-state index in [1.165, 1.54) is 65.9 Å². The van der Waals surface area contributed by atoms with E-state index in [4.69, 9.17) is 0 Å². The van der Waals surface area contributed by atoms with E-state index in [0.717, 1.165) is 11.4 Å². The monoisotopic (exact) mass is 590 g/mol. The van der Waals surface area contributed by atoms with Crippen molar-refractivity contribution in [1.82, 2.24) is 9.13 Å². The van der Waals surface area contributed by atoms with Crippen molar-refractivity contribution in [2.75, 3.05) is 0 Å². The molecule has 0 N–H and O–H groups in total. The van der Waals surface area contributed by atoms with Gasteiger partial charge in [-0.25, -0.2) is 0 Å². The van der Waals surface area contributed by atoms with Crippen LogP contribution in [0.3, 0.4) is 0 Å². The lowest BCUT2D eigenvalue weighted by molar-refractivity contribution is 1.17. The lowest BCUT2D eigenvalue weighted by Gasteiger charge is -2.11. The molecular formula is C44H34N2. The van der Waals surface area contributed by atoms with Gasteiger partial charge in [-0.15, -0.1) is 0 Å². The normalized spacial score (nSPS) is 11.3. The maximum Gasteiger partial charge on any atom is 0.0548 e. The Morgan fingerprint density at radius 2 is 0.609 bits per heavy atom. The summed E-state index contributed by atoms with van der Waals surface area (Å²) in [5, 5.41) is 5.12. The fourth-order valence-electron chi connectivity index (χ4n) is 6.94. The third-order valence-corrected chi connectivity index (χ3v) is 8.94. The number of benzene rings is 7. The predicted octanol–water partition coefficient (Wildman–Crippen LogP) is 12.2. The van der Waals surface area contributed by atoms with Crippen LogP contribution in [0.2, 0.25) is 0 Å². The van der Waals surface area contributed by atoms with Crippen LogP contribution in [0.1, 0.15) is 13.8 Å². The number of nitrogens with zero attached hydrogens (tertiary/aromatic N) is 2. The van der Waals surface area contributed by atoms with E-state index >= 15 is 0 Å². The average molecular weight is 591 g/mol. The minimum atomic E-state index is 1.16. The van der Waals surface area contributed by atoms with Crippen molar-refractivity contribution in [1.29, 1.82) is 0 Å². The van der Waals surface area contributed by atoms with Crippen LogP contribution in [-0.2, 0) is 0 Å². The molecule has 0 amide bonds. The van der Waals surface area contributed by atoms with Gasteiger partial charge in [0.15, 0.2) is 0 Å². The minimum absolute atomic E-state index is 1.16. The lowest BCUT2D eigenvalue weighted by Crippen LogP contribution is -1.95.